The lowest BCUT2D eigenvalue weighted by atomic mass is 9.96. The van der Waals surface area contributed by atoms with Crippen molar-refractivity contribution in [2.24, 2.45) is 5.92 Å². The minimum atomic E-state index is -1.11. The quantitative estimate of drug-likeness (QED) is 0.759. The second-order valence-electron chi connectivity index (χ2n) is 6.49. The van der Waals surface area contributed by atoms with Gasteiger partial charge in [0.15, 0.2) is 0 Å². The number of aliphatic hydroxyl groups excluding tert-OH is 1. The molecule has 1 aliphatic rings. The van der Waals surface area contributed by atoms with Crippen LogP contribution in [0.25, 0.3) is 0 Å². The fourth-order valence-electron chi connectivity index (χ4n) is 3.16. The second-order valence-corrected chi connectivity index (χ2v) is 6.49. The van der Waals surface area contributed by atoms with E-state index in [-0.39, 0.29) is 19.1 Å². The third-order valence-electron chi connectivity index (χ3n) is 4.44. The van der Waals surface area contributed by atoms with Crippen molar-refractivity contribution in [1.82, 2.24) is 9.55 Å². The zero-order valence-corrected chi connectivity index (χ0v) is 14.3. The Hall–Kier alpha value is -2.71. The van der Waals surface area contributed by atoms with Gasteiger partial charge in [-0.3, -0.25) is 14.3 Å². The smallest absolute Gasteiger partial charge is 0.338 e. The average Bonchev–Trinajstić information content (AvgIpc) is 2.97. The molecule has 3 rings (SSSR count). The van der Waals surface area contributed by atoms with Crippen LogP contribution in [0.1, 0.15) is 29.9 Å². The maximum atomic E-state index is 12.1. The first-order chi connectivity index (χ1) is 12.4. The van der Waals surface area contributed by atoms with Gasteiger partial charge in [-0.2, -0.15) is 0 Å². The third kappa shape index (κ3) is 3.61. The number of nitrogens with one attached hydrogen (secondary N) is 1. The number of ether oxygens (including phenoxy) is 2. The van der Waals surface area contributed by atoms with Gasteiger partial charge in [0, 0.05) is 18.2 Å². The molecule has 2 N–H and O–H groups in total. The van der Waals surface area contributed by atoms with Gasteiger partial charge in [0.2, 0.25) is 0 Å². The molecule has 1 aliphatic heterocycles. The van der Waals surface area contributed by atoms with Crippen LogP contribution in [0.15, 0.2) is 52.2 Å². The summed E-state index contributed by atoms with van der Waals surface area (Å²) in [5.74, 6) is -0.652. The Morgan fingerprint density at radius 3 is 2.73 bits per heavy atom. The number of hydrogen-bond donors (Lipinski definition) is 2. The normalized spacial score (nSPS) is 25.2. The first-order valence-corrected chi connectivity index (χ1v) is 8.26. The molecular formula is C18H20N2O6. The highest BCUT2D eigenvalue weighted by Gasteiger charge is 2.46. The summed E-state index contributed by atoms with van der Waals surface area (Å²) in [6, 6.07) is 9.74. The Kier molecular flexibility index (Phi) is 5.06. The summed E-state index contributed by atoms with van der Waals surface area (Å²) in [6.07, 6.45) is 1.06. The summed E-state index contributed by atoms with van der Waals surface area (Å²) in [5, 5.41) is 9.83. The molecule has 1 aromatic heterocycles. The molecule has 0 bridgehead atoms. The van der Waals surface area contributed by atoms with Crippen LogP contribution in [0.5, 0.6) is 0 Å². The first kappa shape index (κ1) is 18.1. The van der Waals surface area contributed by atoms with Crippen LogP contribution in [0.4, 0.5) is 0 Å². The Balaban J connectivity index is 1.75. The van der Waals surface area contributed by atoms with Crippen molar-refractivity contribution in [1.29, 1.82) is 0 Å². The first-order valence-electron chi connectivity index (χ1n) is 8.26. The van der Waals surface area contributed by atoms with Gasteiger partial charge in [-0.15, -0.1) is 0 Å². The van der Waals surface area contributed by atoms with Crippen molar-refractivity contribution in [3.05, 3.63) is 69.0 Å². The number of aliphatic hydroxyl groups is 1. The number of rotatable bonds is 5. The van der Waals surface area contributed by atoms with E-state index in [4.69, 9.17) is 9.47 Å². The summed E-state index contributed by atoms with van der Waals surface area (Å²) in [4.78, 5) is 37.5. The molecule has 1 aromatic carbocycles. The number of hydrogen-bond acceptors (Lipinski definition) is 6. The van der Waals surface area contributed by atoms with Gasteiger partial charge in [0.25, 0.3) is 5.56 Å². The van der Waals surface area contributed by atoms with Gasteiger partial charge in [-0.05, 0) is 18.6 Å². The van der Waals surface area contributed by atoms with Gasteiger partial charge in [0.05, 0.1) is 12.2 Å². The molecule has 1 fully saturated rings. The molecule has 26 heavy (non-hydrogen) atoms. The molecule has 3 atom stereocenters. The Morgan fingerprint density at radius 2 is 2.08 bits per heavy atom. The van der Waals surface area contributed by atoms with Crippen molar-refractivity contribution >= 4 is 5.97 Å². The molecule has 1 saturated heterocycles. The summed E-state index contributed by atoms with van der Waals surface area (Å²) in [7, 11) is 0. The molecule has 0 radical (unpaired) electrons. The molecule has 0 spiro atoms. The number of esters is 1. The Bertz CT molecular complexity index is 890. The fourth-order valence-corrected chi connectivity index (χ4v) is 3.16. The largest absolute Gasteiger partial charge is 0.459 e. The van der Waals surface area contributed by atoms with E-state index in [0.717, 1.165) is 0 Å². The lowest BCUT2D eigenvalue weighted by molar-refractivity contribution is -0.127. The van der Waals surface area contributed by atoms with Crippen LogP contribution in [0, 0.1) is 5.92 Å². The van der Waals surface area contributed by atoms with Gasteiger partial charge in [0.1, 0.15) is 18.4 Å². The minimum absolute atomic E-state index is 0.138. The zero-order valence-electron chi connectivity index (χ0n) is 14.3. The summed E-state index contributed by atoms with van der Waals surface area (Å²) < 4.78 is 12.5. The number of aromatic nitrogens is 2. The lowest BCUT2D eigenvalue weighted by Crippen LogP contribution is -2.40. The molecule has 2 heterocycles. The lowest BCUT2D eigenvalue weighted by Gasteiger charge is -2.27. The van der Waals surface area contributed by atoms with Crippen molar-refractivity contribution in [2.45, 2.75) is 25.2 Å². The highest BCUT2D eigenvalue weighted by atomic mass is 16.6. The SMILES string of the molecule is C[C@H]1C[C@](CO)(COC(=O)c2ccccc2)O[C@H]1n1ccc(=O)[nH]c1=O. The minimum Gasteiger partial charge on any atom is -0.459 e. The van der Waals surface area contributed by atoms with E-state index < -0.39 is 29.0 Å². The topological polar surface area (TPSA) is 111 Å². The standard InChI is InChI=1S/C18H20N2O6/c1-12-9-18(10-21,11-25-16(23)13-5-3-2-4-6-13)26-15(12)20-8-7-14(22)19-17(20)24/h2-8,12,15,21H,9-11H2,1H3,(H,19,22,24)/t12-,15+,18-/m0/s1. The van der Waals surface area contributed by atoms with Crippen LogP contribution in [-0.4, -0.2) is 39.4 Å². The number of aromatic amines is 1. The van der Waals surface area contributed by atoms with Crippen LogP contribution in [0.3, 0.4) is 0 Å². The number of carbonyl (C=O) groups excluding carboxylic acids is 1. The van der Waals surface area contributed by atoms with Crippen LogP contribution in [-0.2, 0) is 9.47 Å². The molecular weight excluding hydrogens is 340 g/mol. The van der Waals surface area contributed by atoms with Crippen LogP contribution < -0.4 is 11.2 Å². The average molecular weight is 360 g/mol. The van der Waals surface area contributed by atoms with Crippen molar-refractivity contribution < 1.29 is 19.4 Å². The van der Waals surface area contributed by atoms with Crippen LogP contribution >= 0.6 is 0 Å². The summed E-state index contributed by atoms with van der Waals surface area (Å²) in [6.45, 7) is 1.35. The van der Waals surface area contributed by atoms with Gasteiger partial charge < -0.3 is 14.6 Å². The highest BCUT2D eigenvalue weighted by Crippen LogP contribution is 2.40. The second kappa shape index (κ2) is 7.27. The number of H-pyrrole nitrogens is 1. The Morgan fingerprint density at radius 1 is 1.35 bits per heavy atom. The van der Waals surface area contributed by atoms with Gasteiger partial charge in [-0.25, -0.2) is 9.59 Å². The predicted molar refractivity (Wildman–Crippen MR) is 91.8 cm³/mol. The summed E-state index contributed by atoms with van der Waals surface area (Å²) >= 11 is 0. The van der Waals surface area contributed by atoms with E-state index in [1.54, 1.807) is 30.3 Å². The molecule has 0 aliphatic carbocycles. The predicted octanol–water partition coefficient (Wildman–Crippen LogP) is 0.680. The Labute approximate surface area is 149 Å². The maximum Gasteiger partial charge on any atom is 0.338 e. The number of benzene rings is 1. The van der Waals surface area contributed by atoms with Gasteiger partial charge >= 0.3 is 11.7 Å². The van der Waals surface area contributed by atoms with Crippen LogP contribution in [0.2, 0.25) is 0 Å². The zero-order chi connectivity index (χ0) is 18.7. The van der Waals surface area contributed by atoms with E-state index in [1.165, 1.54) is 16.8 Å². The highest BCUT2D eigenvalue weighted by molar-refractivity contribution is 5.89. The van der Waals surface area contributed by atoms with Crippen molar-refractivity contribution in [3.63, 3.8) is 0 Å². The summed E-state index contributed by atoms with van der Waals surface area (Å²) in [5.41, 5.74) is -1.80. The monoisotopic (exact) mass is 360 g/mol. The van der Waals surface area contributed by atoms with Crippen molar-refractivity contribution in [3.8, 4) is 0 Å². The van der Waals surface area contributed by atoms with E-state index in [2.05, 4.69) is 4.98 Å². The fraction of sp³-hybridized carbons (Fsp3) is 0.389. The molecule has 2 aromatic rings. The van der Waals surface area contributed by atoms with E-state index >= 15 is 0 Å². The molecule has 0 unspecified atom stereocenters. The van der Waals surface area contributed by atoms with Crippen molar-refractivity contribution in [2.75, 3.05) is 13.2 Å². The van der Waals surface area contributed by atoms with E-state index in [1.807, 2.05) is 6.92 Å². The van der Waals surface area contributed by atoms with E-state index in [0.29, 0.717) is 12.0 Å². The maximum absolute atomic E-state index is 12.1. The number of carbonyl (C=O) groups is 1. The molecule has 0 amide bonds. The molecule has 138 valence electrons. The van der Waals surface area contributed by atoms with Gasteiger partial charge in [-0.1, -0.05) is 25.1 Å². The molecule has 0 saturated carbocycles. The van der Waals surface area contributed by atoms with E-state index in [9.17, 15) is 19.5 Å². The molecule has 8 heteroatoms. The molecule has 8 nitrogen and oxygen atoms in total. The third-order valence-corrected chi connectivity index (χ3v) is 4.44. The number of nitrogens with zero attached hydrogens (tertiary/aromatic N) is 1.